The van der Waals surface area contributed by atoms with Gasteiger partial charge in [0.2, 0.25) is 0 Å². The van der Waals surface area contributed by atoms with Crippen molar-refractivity contribution in [2.45, 2.75) is 18.6 Å². The fraction of sp³-hybridized carbons (Fsp3) is 0.294. The number of hydrogen-bond donors (Lipinski definition) is 2. The monoisotopic (exact) mass is 348 g/mol. The number of aliphatic hydroxyl groups excluding tert-OH is 1. The molecule has 1 aromatic carbocycles. The number of amides is 2. The van der Waals surface area contributed by atoms with Crippen LogP contribution in [0.3, 0.4) is 0 Å². The first-order chi connectivity index (χ1) is 11.5. The summed E-state index contributed by atoms with van der Waals surface area (Å²) in [5.41, 5.74) is 0.581. The highest BCUT2D eigenvalue weighted by Gasteiger charge is 2.32. The van der Waals surface area contributed by atoms with Gasteiger partial charge in [-0.15, -0.1) is 0 Å². The Morgan fingerprint density at radius 1 is 1.21 bits per heavy atom. The van der Waals surface area contributed by atoms with Gasteiger partial charge in [-0.05, 0) is 42.3 Å². The smallest absolute Gasteiger partial charge is 0.287 e. The number of β-amino-alcohol motifs (C(OH)–C–C–N with tert-alkyl or cyclic N) is 1. The first-order valence-corrected chi connectivity index (χ1v) is 8.01. The Morgan fingerprint density at radius 2 is 1.96 bits per heavy atom. The second kappa shape index (κ2) is 7.07. The fourth-order valence-corrected chi connectivity index (χ4v) is 2.87. The van der Waals surface area contributed by atoms with Gasteiger partial charge in [-0.2, -0.15) is 0 Å². The maximum atomic E-state index is 12.4. The fourth-order valence-electron chi connectivity index (χ4n) is 2.72. The molecule has 0 radical (unpaired) electrons. The van der Waals surface area contributed by atoms with E-state index in [1.165, 1.54) is 12.1 Å². The molecule has 126 valence electrons. The predicted molar refractivity (Wildman–Crippen MR) is 87.9 cm³/mol. The molecule has 0 bridgehead atoms. The summed E-state index contributed by atoms with van der Waals surface area (Å²) in [5, 5.41) is 13.1. The van der Waals surface area contributed by atoms with E-state index in [1.54, 1.807) is 29.2 Å². The van der Waals surface area contributed by atoms with Crippen LogP contribution in [0, 0.1) is 0 Å². The Hall–Kier alpha value is -2.31. The number of aliphatic hydroxyl groups is 1. The van der Waals surface area contributed by atoms with Crippen molar-refractivity contribution in [3.05, 3.63) is 59.0 Å². The van der Waals surface area contributed by atoms with E-state index >= 15 is 0 Å². The molecular formula is C17H17ClN2O4. The molecule has 0 spiro atoms. The number of rotatable bonds is 3. The quantitative estimate of drug-likeness (QED) is 0.888. The van der Waals surface area contributed by atoms with Gasteiger partial charge in [-0.25, -0.2) is 0 Å². The number of furan rings is 1. The molecule has 1 aromatic heterocycles. The Balaban J connectivity index is 1.59. The molecule has 3 rings (SSSR count). The number of carbonyl (C=O) groups is 2. The van der Waals surface area contributed by atoms with Gasteiger partial charge < -0.3 is 19.7 Å². The highest BCUT2D eigenvalue weighted by Crippen LogP contribution is 2.17. The number of benzene rings is 1. The molecule has 6 nitrogen and oxygen atoms in total. The molecule has 2 atom stereocenters. The molecule has 2 heterocycles. The van der Waals surface area contributed by atoms with Crippen LogP contribution in [0.15, 0.2) is 46.9 Å². The summed E-state index contributed by atoms with van der Waals surface area (Å²) in [6.45, 7) is 0.617. The van der Waals surface area contributed by atoms with Crippen molar-refractivity contribution < 1.29 is 19.1 Å². The van der Waals surface area contributed by atoms with Crippen LogP contribution < -0.4 is 5.32 Å². The van der Waals surface area contributed by atoms with Crippen LogP contribution in [0.25, 0.3) is 0 Å². The Morgan fingerprint density at radius 3 is 2.58 bits per heavy atom. The van der Waals surface area contributed by atoms with E-state index in [9.17, 15) is 14.7 Å². The highest BCUT2D eigenvalue weighted by atomic mass is 35.5. The lowest BCUT2D eigenvalue weighted by Crippen LogP contribution is -2.55. The molecular weight excluding hydrogens is 332 g/mol. The van der Waals surface area contributed by atoms with Gasteiger partial charge in [0.25, 0.3) is 11.8 Å². The zero-order valence-electron chi connectivity index (χ0n) is 12.8. The van der Waals surface area contributed by atoms with E-state index in [4.69, 9.17) is 16.0 Å². The molecule has 0 aliphatic carbocycles. The molecule has 1 saturated heterocycles. The summed E-state index contributed by atoms with van der Waals surface area (Å²) < 4.78 is 5.05. The van der Waals surface area contributed by atoms with Crippen molar-refractivity contribution in [2.75, 3.05) is 13.1 Å². The van der Waals surface area contributed by atoms with E-state index in [1.807, 2.05) is 6.07 Å². The number of likely N-dealkylation sites (tertiary alicyclic amines) is 1. The average Bonchev–Trinajstić information content (AvgIpc) is 3.03. The van der Waals surface area contributed by atoms with Gasteiger partial charge in [0.1, 0.15) is 0 Å². The lowest BCUT2D eigenvalue weighted by atomic mass is 10.0. The molecule has 0 unspecified atom stereocenters. The van der Waals surface area contributed by atoms with E-state index in [0.717, 1.165) is 0 Å². The molecule has 2 aromatic rings. The Labute approximate surface area is 144 Å². The van der Waals surface area contributed by atoms with Gasteiger partial charge >= 0.3 is 0 Å². The van der Waals surface area contributed by atoms with Gasteiger partial charge in [0, 0.05) is 18.7 Å². The molecule has 1 fully saturated rings. The van der Waals surface area contributed by atoms with Crippen LogP contribution in [0.1, 0.15) is 27.3 Å². The Kier molecular flexibility index (Phi) is 4.87. The minimum Gasteiger partial charge on any atom is -0.440 e. The summed E-state index contributed by atoms with van der Waals surface area (Å²) >= 11 is 5.65. The lowest BCUT2D eigenvalue weighted by molar-refractivity contribution is 0.0311. The zero-order valence-corrected chi connectivity index (χ0v) is 13.6. The van der Waals surface area contributed by atoms with E-state index in [0.29, 0.717) is 18.5 Å². The largest absolute Gasteiger partial charge is 0.440 e. The van der Waals surface area contributed by atoms with Gasteiger partial charge in [-0.3, -0.25) is 9.59 Å². The summed E-state index contributed by atoms with van der Waals surface area (Å²) in [6.07, 6.45) is -0.388. The van der Waals surface area contributed by atoms with Crippen LogP contribution >= 0.6 is 11.6 Å². The molecule has 2 amide bonds. The molecule has 1 aliphatic rings. The molecule has 24 heavy (non-hydrogen) atoms. The normalized spacial score (nSPS) is 20.7. The number of halogens is 1. The number of hydrogen-bond acceptors (Lipinski definition) is 4. The van der Waals surface area contributed by atoms with E-state index in [-0.39, 0.29) is 23.4 Å². The molecule has 2 N–H and O–H groups in total. The van der Waals surface area contributed by atoms with Crippen molar-refractivity contribution >= 4 is 23.4 Å². The third-order valence-corrected chi connectivity index (χ3v) is 4.21. The maximum Gasteiger partial charge on any atom is 0.287 e. The van der Waals surface area contributed by atoms with Crippen molar-refractivity contribution in [1.29, 1.82) is 0 Å². The predicted octanol–water partition coefficient (Wildman–Crippen LogP) is 1.94. The van der Waals surface area contributed by atoms with Crippen LogP contribution in [0.2, 0.25) is 5.22 Å². The molecule has 0 saturated carbocycles. The van der Waals surface area contributed by atoms with Crippen molar-refractivity contribution in [3.63, 3.8) is 0 Å². The van der Waals surface area contributed by atoms with Crippen LogP contribution in [0.4, 0.5) is 0 Å². The van der Waals surface area contributed by atoms with E-state index < -0.39 is 18.1 Å². The topological polar surface area (TPSA) is 82.8 Å². The number of piperidine rings is 1. The van der Waals surface area contributed by atoms with Gasteiger partial charge in [-0.1, -0.05) is 18.2 Å². The summed E-state index contributed by atoms with van der Waals surface area (Å²) in [6, 6.07) is 11.4. The minimum atomic E-state index is -0.846. The van der Waals surface area contributed by atoms with E-state index in [2.05, 4.69) is 5.32 Å². The van der Waals surface area contributed by atoms with Gasteiger partial charge in [0.15, 0.2) is 11.0 Å². The van der Waals surface area contributed by atoms with Gasteiger partial charge in [0.05, 0.1) is 12.1 Å². The minimum absolute atomic E-state index is 0.0926. The zero-order chi connectivity index (χ0) is 17.1. The van der Waals surface area contributed by atoms with Crippen LogP contribution in [0.5, 0.6) is 0 Å². The van der Waals surface area contributed by atoms with Crippen molar-refractivity contribution in [3.8, 4) is 0 Å². The third-order valence-electron chi connectivity index (χ3n) is 4.00. The molecule has 7 heteroatoms. The molecule has 1 aliphatic heterocycles. The van der Waals surface area contributed by atoms with Crippen LogP contribution in [-0.4, -0.2) is 47.1 Å². The first kappa shape index (κ1) is 16.5. The standard InChI is InChI=1S/C17H17ClN2O4/c18-15-7-6-14(24-15)16(22)19-12-8-9-20(10-13(12)21)17(23)11-4-2-1-3-5-11/h1-7,12-13,21H,8-10H2,(H,19,22)/t12-,13-/m1/s1. The number of carbonyl (C=O) groups excluding carboxylic acids is 2. The third kappa shape index (κ3) is 3.60. The summed E-state index contributed by atoms with van der Waals surface area (Å²) in [5.74, 6) is -0.471. The second-order valence-electron chi connectivity index (χ2n) is 5.66. The van der Waals surface area contributed by atoms with Crippen molar-refractivity contribution in [2.24, 2.45) is 0 Å². The van der Waals surface area contributed by atoms with Crippen molar-refractivity contribution in [1.82, 2.24) is 10.2 Å². The average molecular weight is 349 g/mol. The highest BCUT2D eigenvalue weighted by molar-refractivity contribution is 6.29. The SMILES string of the molecule is O=C(N[C@@H]1CCN(C(=O)c2ccccc2)C[C@H]1O)c1ccc(Cl)o1. The first-order valence-electron chi connectivity index (χ1n) is 7.63. The number of nitrogens with zero attached hydrogens (tertiary/aromatic N) is 1. The summed E-state index contributed by atoms with van der Waals surface area (Å²) in [7, 11) is 0. The second-order valence-corrected chi connectivity index (χ2v) is 6.03. The van der Waals surface area contributed by atoms with Crippen LogP contribution in [-0.2, 0) is 0 Å². The number of nitrogens with one attached hydrogen (secondary N) is 1. The maximum absolute atomic E-state index is 12.4. The lowest BCUT2D eigenvalue weighted by Gasteiger charge is -2.36. The summed E-state index contributed by atoms with van der Waals surface area (Å²) in [4.78, 5) is 26.0. The Bertz CT molecular complexity index is 731.